The number of anilines is 1. The van der Waals surface area contributed by atoms with Gasteiger partial charge in [0.05, 0.1) is 12.8 Å². The molecule has 100 valence electrons. The number of nitrogens with zero attached hydrogens (tertiary/aromatic N) is 1. The van der Waals surface area contributed by atoms with Gasteiger partial charge in [-0.1, -0.05) is 18.2 Å². The molecule has 19 heavy (non-hydrogen) atoms. The number of nitrogens with two attached hydrogens (primary N) is 1. The number of amides is 1. The van der Waals surface area contributed by atoms with E-state index in [0.29, 0.717) is 18.0 Å². The number of methoxy groups -OCH3 is 1. The lowest BCUT2D eigenvalue weighted by atomic mass is 10.1. The monoisotopic (exact) mass is 258 g/mol. The summed E-state index contributed by atoms with van der Waals surface area (Å²) in [4.78, 5) is 13.7. The lowest BCUT2D eigenvalue weighted by Crippen LogP contribution is -2.32. The van der Waals surface area contributed by atoms with Crippen molar-refractivity contribution in [1.29, 1.82) is 0 Å². The second kappa shape index (κ2) is 6.09. The van der Waals surface area contributed by atoms with Gasteiger partial charge >= 0.3 is 0 Å². The molecule has 0 bridgehead atoms. The van der Waals surface area contributed by atoms with Crippen LogP contribution in [0.2, 0.25) is 0 Å². The topological polar surface area (TPSA) is 55.6 Å². The van der Waals surface area contributed by atoms with E-state index < -0.39 is 0 Å². The third-order valence-electron chi connectivity index (χ3n) is 3.04. The molecule has 1 aromatic rings. The van der Waals surface area contributed by atoms with Gasteiger partial charge in [-0.25, -0.2) is 0 Å². The predicted octanol–water partition coefficient (Wildman–Crippen LogP) is 2.08. The van der Waals surface area contributed by atoms with Gasteiger partial charge in [0, 0.05) is 19.2 Å². The van der Waals surface area contributed by atoms with E-state index in [9.17, 15) is 4.79 Å². The van der Waals surface area contributed by atoms with Gasteiger partial charge in [-0.15, -0.1) is 0 Å². The fourth-order valence-corrected chi connectivity index (χ4v) is 1.97. The zero-order chi connectivity index (χ0) is 13.7. The molecule has 0 aromatic heterocycles. The van der Waals surface area contributed by atoms with Crippen LogP contribution in [0.1, 0.15) is 12.0 Å². The highest BCUT2D eigenvalue weighted by Crippen LogP contribution is 2.22. The van der Waals surface area contributed by atoms with Crippen LogP contribution in [-0.4, -0.2) is 31.0 Å². The second-order valence-electron chi connectivity index (χ2n) is 4.38. The highest BCUT2D eigenvalue weighted by Gasteiger charge is 2.10. The first kappa shape index (κ1) is 13.2. The Morgan fingerprint density at radius 3 is 2.89 bits per heavy atom. The summed E-state index contributed by atoms with van der Waals surface area (Å²) in [5.74, 6) is 0.670. The predicted molar refractivity (Wildman–Crippen MR) is 76.8 cm³/mol. The van der Waals surface area contributed by atoms with Crippen molar-refractivity contribution in [2.75, 3.05) is 25.9 Å². The van der Waals surface area contributed by atoms with E-state index in [4.69, 9.17) is 10.5 Å². The molecule has 1 aliphatic rings. The van der Waals surface area contributed by atoms with Crippen LogP contribution in [0.25, 0.3) is 6.08 Å². The summed E-state index contributed by atoms with van der Waals surface area (Å²) in [6.07, 6.45) is 8.39. The maximum Gasteiger partial charge on any atom is 0.246 e. The molecule has 0 saturated carbocycles. The van der Waals surface area contributed by atoms with Crippen molar-refractivity contribution in [3.63, 3.8) is 0 Å². The molecule has 0 saturated heterocycles. The summed E-state index contributed by atoms with van der Waals surface area (Å²) in [5.41, 5.74) is 7.27. The van der Waals surface area contributed by atoms with Crippen LogP contribution in [0.3, 0.4) is 0 Å². The standard InChI is InChI=1S/C15H18N2O2/c1-19-14-7-5-12(11-13(14)16)6-8-15(18)17-9-3-2-4-10-17/h2-3,5-8,11H,4,9-10,16H2,1H3. The molecule has 0 aliphatic carbocycles. The van der Waals surface area contributed by atoms with Crippen LogP contribution in [0.5, 0.6) is 5.75 Å². The summed E-state index contributed by atoms with van der Waals surface area (Å²) < 4.78 is 5.09. The first-order valence-corrected chi connectivity index (χ1v) is 6.26. The number of rotatable bonds is 3. The van der Waals surface area contributed by atoms with Gasteiger partial charge in [-0.05, 0) is 30.2 Å². The van der Waals surface area contributed by atoms with E-state index in [1.807, 2.05) is 17.0 Å². The van der Waals surface area contributed by atoms with Gasteiger partial charge in [0.25, 0.3) is 0 Å². The Bertz CT molecular complexity index is 521. The van der Waals surface area contributed by atoms with Gasteiger partial charge in [-0.2, -0.15) is 0 Å². The molecule has 1 aromatic carbocycles. The van der Waals surface area contributed by atoms with Gasteiger partial charge in [0.1, 0.15) is 5.75 Å². The minimum Gasteiger partial charge on any atom is -0.495 e. The molecule has 0 unspecified atom stereocenters. The Kier molecular flexibility index (Phi) is 4.23. The van der Waals surface area contributed by atoms with Gasteiger partial charge in [-0.3, -0.25) is 4.79 Å². The number of hydrogen-bond acceptors (Lipinski definition) is 3. The molecule has 0 radical (unpaired) electrons. The fourth-order valence-electron chi connectivity index (χ4n) is 1.97. The minimum absolute atomic E-state index is 0.0266. The van der Waals surface area contributed by atoms with Crippen LogP contribution < -0.4 is 10.5 Å². The van der Waals surface area contributed by atoms with E-state index in [-0.39, 0.29) is 5.91 Å². The Morgan fingerprint density at radius 1 is 1.42 bits per heavy atom. The summed E-state index contributed by atoms with van der Waals surface area (Å²) in [5, 5.41) is 0. The van der Waals surface area contributed by atoms with Crippen molar-refractivity contribution in [3.05, 3.63) is 42.0 Å². The molecule has 0 spiro atoms. The number of hydrogen-bond donors (Lipinski definition) is 1. The van der Waals surface area contributed by atoms with Gasteiger partial charge in [0.15, 0.2) is 0 Å². The van der Waals surface area contributed by atoms with Gasteiger partial charge < -0.3 is 15.4 Å². The summed E-state index contributed by atoms with van der Waals surface area (Å²) >= 11 is 0. The van der Waals surface area contributed by atoms with E-state index in [1.165, 1.54) is 0 Å². The van der Waals surface area contributed by atoms with E-state index in [2.05, 4.69) is 6.08 Å². The Balaban J connectivity index is 2.03. The SMILES string of the molecule is COc1ccc(C=CC(=O)N2CC=CCC2)cc1N. The minimum atomic E-state index is 0.0266. The molecule has 1 amide bonds. The fraction of sp³-hybridized carbons (Fsp3) is 0.267. The Morgan fingerprint density at radius 2 is 2.26 bits per heavy atom. The average molecular weight is 258 g/mol. The molecule has 0 atom stereocenters. The number of benzene rings is 1. The van der Waals surface area contributed by atoms with Crippen LogP contribution in [0.4, 0.5) is 5.69 Å². The maximum absolute atomic E-state index is 11.9. The molecule has 2 rings (SSSR count). The van der Waals surface area contributed by atoms with Crippen molar-refractivity contribution in [2.24, 2.45) is 0 Å². The Hall–Kier alpha value is -2.23. The van der Waals surface area contributed by atoms with E-state index >= 15 is 0 Å². The summed E-state index contributed by atoms with van der Waals surface area (Å²) in [6.45, 7) is 1.47. The van der Waals surface area contributed by atoms with E-state index in [1.54, 1.807) is 31.4 Å². The van der Waals surface area contributed by atoms with Gasteiger partial charge in [0.2, 0.25) is 5.91 Å². The van der Waals surface area contributed by atoms with Crippen molar-refractivity contribution in [1.82, 2.24) is 4.90 Å². The highest BCUT2D eigenvalue weighted by atomic mass is 16.5. The molecule has 4 nitrogen and oxygen atoms in total. The summed E-state index contributed by atoms with van der Waals surface area (Å²) in [6, 6.07) is 5.46. The number of nitrogen functional groups attached to an aromatic ring is 1. The Labute approximate surface area is 113 Å². The van der Waals surface area contributed by atoms with Crippen LogP contribution in [0.15, 0.2) is 36.4 Å². The van der Waals surface area contributed by atoms with Crippen molar-refractivity contribution < 1.29 is 9.53 Å². The summed E-state index contributed by atoms with van der Waals surface area (Å²) in [7, 11) is 1.58. The first-order valence-electron chi connectivity index (χ1n) is 6.26. The lowest BCUT2D eigenvalue weighted by Gasteiger charge is -2.21. The smallest absolute Gasteiger partial charge is 0.246 e. The zero-order valence-corrected chi connectivity index (χ0v) is 11.0. The quantitative estimate of drug-likeness (QED) is 0.513. The third kappa shape index (κ3) is 3.37. The third-order valence-corrected chi connectivity index (χ3v) is 3.04. The molecule has 2 N–H and O–H groups in total. The molecular weight excluding hydrogens is 240 g/mol. The molecular formula is C15H18N2O2. The molecule has 1 heterocycles. The largest absolute Gasteiger partial charge is 0.495 e. The number of carbonyl (C=O) groups excluding carboxylic acids is 1. The number of ether oxygens (including phenoxy) is 1. The van der Waals surface area contributed by atoms with Crippen LogP contribution in [0, 0.1) is 0 Å². The first-order chi connectivity index (χ1) is 9.20. The van der Waals surface area contributed by atoms with E-state index in [0.717, 1.165) is 18.5 Å². The molecule has 1 aliphatic heterocycles. The average Bonchev–Trinajstić information content (AvgIpc) is 2.46. The maximum atomic E-state index is 11.9. The lowest BCUT2D eigenvalue weighted by molar-refractivity contribution is -0.125. The van der Waals surface area contributed by atoms with Crippen LogP contribution >= 0.6 is 0 Å². The molecule has 0 fully saturated rings. The normalized spacial score (nSPS) is 14.9. The highest BCUT2D eigenvalue weighted by molar-refractivity contribution is 5.92. The van der Waals surface area contributed by atoms with Crippen molar-refractivity contribution in [2.45, 2.75) is 6.42 Å². The van der Waals surface area contributed by atoms with Crippen molar-refractivity contribution >= 4 is 17.7 Å². The van der Waals surface area contributed by atoms with Crippen molar-refractivity contribution in [3.8, 4) is 5.75 Å². The second-order valence-corrected chi connectivity index (χ2v) is 4.38. The number of carbonyl (C=O) groups is 1. The van der Waals surface area contributed by atoms with Crippen LogP contribution in [-0.2, 0) is 4.79 Å². The molecule has 4 heteroatoms. The zero-order valence-electron chi connectivity index (χ0n) is 11.0.